The van der Waals surface area contributed by atoms with Crippen LogP contribution in [-0.4, -0.2) is 43.4 Å². The average molecular weight is 338 g/mol. The van der Waals surface area contributed by atoms with Gasteiger partial charge in [0.25, 0.3) is 8.40 Å². The quantitative estimate of drug-likeness (QED) is 0.785. The zero-order chi connectivity index (χ0) is 17.7. The smallest absolute Gasteiger partial charge is 0.291 e. The molecule has 0 bridgehead atoms. The molecule has 0 N–H and O–H groups in total. The number of amides is 2. The van der Waals surface area contributed by atoms with Crippen molar-refractivity contribution in [1.82, 2.24) is 9.13 Å². The van der Waals surface area contributed by atoms with Gasteiger partial charge in [0.15, 0.2) is 0 Å². The van der Waals surface area contributed by atoms with E-state index in [1.807, 2.05) is 42.9 Å². The van der Waals surface area contributed by atoms with Gasteiger partial charge in [0, 0.05) is 25.2 Å². The molecule has 0 aromatic heterocycles. The van der Waals surface area contributed by atoms with Crippen molar-refractivity contribution >= 4 is 20.2 Å². The van der Waals surface area contributed by atoms with Crippen molar-refractivity contribution in [3.8, 4) is 0 Å². The van der Waals surface area contributed by atoms with E-state index >= 15 is 0 Å². The van der Waals surface area contributed by atoms with Crippen LogP contribution >= 0.6 is 0 Å². The Morgan fingerprint density at radius 2 is 1.17 bits per heavy atom. The van der Waals surface area contributed by atoms with Crippen LogP contribution in [0.1, 0.15) is 20.7 Å². The molecule has 0 spiro atoms. The summed E-state index contributed by atoms with van der Waals surface area (Å²) in [5.74, 6) is -0.227. The van der Waals surface area contributed by atoms with Crippen molar-refractivity contribution in [2.24, 2.45) is 0 Å². The lowest BCUT2D eigenvalue weighted by molar-refractivity contribution is 0.0827. The third kappa shape index (κ3) is 3.31. The zero-order valence-corrected chi connectivity index (χ0v) is 15.3. The molecule has 2 aromatic carbocycles. The Labute approximate surface area is 144 Å². The average Bonchev–Trinajstić information content (AvgIpc) is 2.66. The summed E-state index contributed by atoms with van der Waals surface area (Å²) in [6.45, 7) is 5.83. The van der Waals surface area contributed by atoms with Crippen LogP contribution in [-0.2, 0) is 0 Å². The Kier molecular flexibility index (Phi) is 5.36. The summed E-state index contributed by atoms with van der Waals surface area (Å²) in [6, 6.07) is 18.1. The highest BCUT2D eigenvalue weighted by Gasteiger charge is 2.41. The lowest BCUT2D eigenvalue weighted by Gasteiger charge is -2.41. The van der Waals surface area contributed by atoms with E-state index in [0.29, 0.717) is 11.1 Å². The highest BCUT2D eigenvalue weighted by Crippen LogP contribution is 2.19. The fourth-order valence-electron chi connectivity index (χ4n) is 2.46. The largest absolute Gasteiger partial charge is 0.347 e. The molecule has 2 rings (SSSR count). The van der Waals surface area contributed by atoms with Gasteiger partial charge in [0.05, 0.1) is 0 Å². The molecule has 0 saturated heterocycles. The number of hydrogen-bond donors (Lipinski definition) is 0. The van der Waals surface area contributed by atoms with Gasteiger partial charge < -0.3 is 9.13 Å². The third-order valence-corrected chi connectivity index (χ3v) is 8.29. The second-order valence-corrected chi connectivity index (χ2v) is 9.70. The SMILES string of the molecule is C=C[Si](C)(N(C)C(=O)c1ccccc1)N(C)C(=O)c1ccccc1. The third-order valence-electron chi connectivity index (χ3n) is 4.40. The van der Waals surface area contributed by atoms with Gasteiger partial charge in [0.2, 0.25) is 11.8 Å². The molecule has 2 aromatic rings. The van der Waals surface area contributed by atoms with Crippen LogP contribution in [0.5, 0.6) is 0 Å². The van der Waals surface area contributed by atoms with E-state index in [1.165, 1.54) is 0 Å². The van der Waals surface area contributed by atoms with Crippen LogP contribution in [0, 0.1) is 0 Å². The Bertz CT molecular complexity index is 674. The van der Waals surface area contributed by atoms with Gasteiger partial charge in [-0.1, -0.05) is 42.1 Å². The second kappa shape index (κ2) is 7.27. The van der Waals surface area contributed by atoms with Crippen molar-refractivity contribution in [1.29, 1.82) is 0 Å². The van der Waals surface area contributed by atoms with E-state index in [1.54, 1.807) is 53.2 Å². The van der Waals surface area contributed by atoms with Crippen molar-refractivity contribution in [3.05, 3.63) is 84.1 Å². The molecule has 0 saturated carbocycles. The molecule has 24 heavy (non-hydrogen) atoms. The molecule has 0 aliphatic heterocycles. The number of carbonyl (C=O) groups is 2. The Morgan fingerprint density at radius 1 is 0.833 bits per heavy atom. The van der Waals surface area contributed by atoms with Gasteiger partial charge in [-0.15, -0.1) is 6.58 Å². The van der Waals surface area contributed by atoms with E-state index in [4.69, 9.17) is 0 Å². The monoisotopic (exact) mass is 338 g/mol. The minimum Gasteiger partial charge on any atom is -0.347 e. The predicted octanol–water partition coefficient (Wildman–Crippen LogP) is 3.33. The molecular weight excluding hydrogens is 316 g/mol. The van der Waals surface area contributed by atoms with Gasteiger partial charge in [-0.3, -0.25) is 9.59 Å². The fraction of sp³-hybridized carbons (Fsp3) is 0.158. The molecular formula is C19H22N2O2Si. The summed E-state index contributed by atoms with van der Waals surface area (Å²) in [5.41, 5.74) is 2.94. The van der Waals surface area contributed by atoms with Crippen molar-refractivity contribution in [2.45, 2.75) is 6.55 Å². The molecule has 0 heterocycles. The number of rotatable bonds is 5. The number of hydrogen-bond acceptors (Lipinski definition) is 2. The van der Waals surface area contributed by atoms with Crippen LogP contribution < -0.4 is 0 Å². The first-order valence-corrected chi connectivity index (χ1v) is 10.2. The molecule has 0 aliphatic carbocycles. The summed E-state index contributed by atoms with van der Waals surface area (Å²) in [5, 5.41) is 0. The summed E-state index contributed by atoms with van der Waals surface area (Å²) >= 11 is 0. The van der Waals surface area contributed by atoms with E-state index in [0.717, 1.165) is 0 Å². The molecule has 0 unspecified atom stereocenters. The maximum absolute atomic E-state index is 12.8. The van der Waals surface area contributed by atoms with Crippen molar-refractivity contribution in [2.75, 3.05) is 14.1 Å². The van der Waals surface area contributed by atoms with E-state index in [9.17, 15) is 9.59 Å². The van der Waals surface area contributed by atoms with Crippen LogP contribution in [0.15, 0.2) is 72.9 Å². The summed E-state index contributed by atoms with van der Waals surface area (Å²) in [6.07, 6.45) is 0. The molecule has 0 aliphatic rings. The topological polar surface area (TPSA) is 40.6 Å². The zero-order valence-electron chi connectivity index (χ0n) is 14.3. The molecule has 0 atom stereocenters. The maximum atomic E-state index is 12.8. The van der Waals surface area contributed by atoms with Crippen LogP contribution in [0.2, 0.25) is 6.55 Å². The molecule has 2 amide bonds. The van der Waals surface area contributed by atoms with Crippen LogP contribution in [0.25, 0.3) is 0 Å². The first kappa shape index (κ1) is 17.7. The minimum atomic E-state index is -2.69. The highest BCUT2D eigenvalue weighted by atomic mass is 28.3. The predicted molar refractivity (Wildman–Crippen MR) is 98.9 cm³/mol. The van der Waals surface area contributed by atoms with E-state index in [-0.39, 0.29) is 11.8 Å². The Hall–Kier alpha value is -2.66. The molecule has 124 valence electrons. The first-order chi connectivity index (χ1) is 11.4. The number of carbonyl (C=O) groups excluding carboxylic acids is 2. The van der Waals surface area contributed by atoms with Gasteiger partial charge in [-0.25, -0.2) is 0 Å². The van der Waals surface area contributed by atoms with Gasteiger partial charge in [0.1, 0.15) is 0 Å². The molecule has 0 fully saturated rings. The standard InChI is InChI=1S/C19H22N2O2Si/c1-5-24(4,20(2)18(22)16-12-8-6-9-13-16)21(3)19(23)17-14-10-7-11-15-17/h5-15H,1H2,2-4H3. The van der Waals surface area contributed by atoms with E-state index in [2.05, 4.69) is 6.58 Å². The summed E-state index contributed by atoms with van der Waals surface area (Å²) in [4.78, 5) is 25.6. The van der Waals surface area contributed by atoms with Gasteiger partial charge in [-0.05, 0) is 30.8 Å². The summed E-state index contributed by atoms with van der Waals surface area (Å²) < 4.78 is 3.33. The van der Waals surface area contributed by atoms with Crippen LogP contribution in [0.4, 0.5) is 0 Å². The lowest BCUT2D eigenvalue weighted by Crippen LogP contribution is -2.63. The minimum absolute atomic E-state index is 0.114. The molecule has 4 nitrogen and oxygen atoms in total. The molecule has 0 radical (unpaired) electrons. The normalized spacial score (nSPS) is 10.8. The summed E-state index contributed by atoms with van der Waals surface area (Å²) in [7, 11) is 0.778. The lowest BCUT2D eigenvalue weighted by atomic mass is 10.2. The number of nitrogens with zero attached hydrogens (tertiary/aromatic N) is 2. The van der Waals surface area contributed by atoms with Gasteiger partial charge >= 0.3 is 0 Å². The molecule has 5 heteroatoms. The number of benzene rings is 2. The second-order valence-electron chi connectivity index (χ2n) is 5.76. The van der Waals surface area contributed by atoms with Gasteiger partial charge in [-0.2, -0.15) is 0 Å². The van der Waals surface area contributed by atoms with Crippen molar-refractivity contribution < 1.29 is 9.59 Å². The van der Waals surface area contributed by atoms with Crippen LogP contribution in [0.3, 0.4) is 0 Å². The fourth-order valence-corrected chi connectivity index (χ4v) is 4.54. The van der Waals surface area contributed by atoms with Crippen molar-refractivity contribution in [3.63, 3.8) is 0 Å². The van der Waals surface area contributed by atoms with E-state index < -0.39 is 8.40 Å². The maximum Gasteiger partial charge on any atom is 0.291 e. The first-order valence-electron chi connectivity index (χ1n) is 7.72. The Balaban J connectivity index is 2.31. The Morgan fingerprint density at radius 3 is 1.46 bits per heavy atom. The highest BCUT2D eigenvalue weighted by molar-refractivity contribution is 6.82.